The average molecular weight is 459 g/mol. The molecule has 1 amide bonds. The molecule has 34 heavy (non-hydrogen) atoms. The zero-order chi connectivity index (χ0) is 23.9. The van der Waals surface area contributed by atoms with Gasteiger partial charge in [0.25, 0.3) is 5.91 Å². The number of fused-ring (bicyclic) bond motifs is 1. The lowest BCUT2D eigenvalue weighted by molar-refractivity contribution is 0.0880. The van der Waals surface area contributed by atoms with Crippen LogP contribution in [-0.2, 0) is 7.05 Å². The molecule has 2 fully saturated rings. The lowest BCUT2D eigenvalue weighted by Crippen LogP contribution is -2.62. The SMILES string of the molecule is CCN(C)C(=N)C1(NC(=O)c2ccc3c(C4CCCC4)c(-c4cnccn4)n(C)c3c2)CCC1. The van der Waals surface area contributed by atoms with Gasteiger partial charge in [0.2, 0.25) is 0 Å². The van der Waals surface area contributed by atoms with Crippen LogP contribution >= 0.6 is 0 Å². The molecule has 3 aromatic rings. The molecule has 2 heterocycles. The zero-order valence-corrected chi connectivity index (χ0v) is 20.4. The monoisotopic (exact) mass is 458 g/mol. The minimum absolute atomic E-state index is 0.111. The predicted molar refractivity (Wildman–Crippen MR) is 135 cm³/mol. The van der Waals surface area contributed by atoms with E-state index in [1.54, 1.807) is 12.4 Å². The van der Waals surface area contributed by atoms with Crippen molar-refractivity contribution >= 4 is 22.6 Å². The molecule has 0 spiro atoms. The summed E-state index contributed by atoms with van der Waals surface area (Å²) in [5, 5.41) is 13.1. The molecule has 0 aliphatic heterocycles. The number of hydrogen-bond acceptors (Lipinski definition) is 4. The van der Waals surface area contributed by atoms with Crippen molar-refractivity contribution in [1.29, 1.82) is 5.41 Å². The third-order valence-corrected chi connectivity index (χ3v) is 7.94. The van der Waals surface area contributed by atoms with Crippen LogP contribution in [0.4, 0.5) is 0 Å². The van der Waals surface area contributed by atoms with Gasteiger partial charge >= 0.3 is 0 Å². The summed E-state index contributed by atoms with van der Waals surface area (Å²) in [6.07, 6.45) is 12.8. The first-order valence-electron chi connectivity index (χ1n) is 12.5. The topological polar surface area (TPSA) is 86.9 Å². The fraction of sp³-hybridized carbons (Fsp3) is 0.481. The van der Waals surface area contributed by atoms with Crippen LogP contribution in [0, 0.1) is 5.41 Å². The summed E-state index contributed by atoms with van der Waals surface area (Å²) in [6, 6.07) is 6.05. The van der Waals surface area contributed by atoms with E-state index in [0.717, 1.165) is 42.7 Å². The molecule has 0 radical (unpaired) electrons. The first kappa shape index (κ1) is 22.6. The number of benzene rings is 1. The molecule has 7 heteroatoms. The summed E-state index contributed by atoms with van der Waals surface area (Å²) in [5.74, 6) is 0.896. The molecule has 0 unspecified atom stereocenters. The Morgan fingerprint density at radius 2 is 2.00 bits per heavy atom. The zero-order valence-electron chi connectivity index (χ0n) is 20.4. The van der Waals surface area contributed by atoms with Crippen LogP contribution in [0.3, 0.4) is 0 Å². The van der Waals surface area contributed by atoms with Gasteiger partial charge in [-0.2, -0.15) is 0 Å². The maximum Gasteiger partial charge on any atom is 0.252 e. The van der Waals surface area contributed by atoms with Gasteiger partial charge in [-0.25, -0.2) is 0 Å². The van der Waals surface area contributed by atoms with Gasteiger partial charge in [-0.1, -0.05) is 18.9 Å². The van der Waals surface area contributed by atoms with Crippen LogP contribution in [-0.4, -0.2) is 50.3 Å². The fourth-order valence-corrected chi connectivity index (χ4v) is 5.73. The van der Waals surface area contributed by atoms with Crippen molar-refractivity contribution < 1.29 is 4.79 Å². The Hall–Kier alpha value is -3.22. The van der Waals surface area contributed by atoms with Crippen LogP contribution in [0.5, 0.6) is 0 Å². The number of nitrogens with one attached hydrogen (secondary N) is 2. The van der Waals surface area contributed by atoms with Gasteiger partial charge in [-0.05, 0) is 62.6 Å². The van der Waals surface area contributed by atoms with E-state index < -0.39 is 5.54 Å². The molecule has 2 aromatic heterocycles. The standard InChI is InChI=1S/C27H34N6O/c1-4-32(2)26(28)27(12-7-13-27)31-25(34)19-10-11-20-22(16-19)33(3)24(21-17-29-14-15-30-21)23(20)18-8-5-6-9-18/h10-11,14-18,28H,4-9,12-13H2,1-3H3,(H,31,34). The van der Waals surface area contributed by atoms with Crippen molar-refractivity contribution in [2.24, 2.45) is 7.05 Å². The maximum absolute atomic E-state index is 13.4. The lowest BCUT2D eigenvalue weighted by Gasteiger charge is -2.45. The van der Waals surface area contributed by atoms with Gasteiger partial charge in [-0.3, -0.25) is 20.2 Å². The number of carbonyl (C=O) groups is 1. The molecule has 0 atom stereocenters. The molecule has 0 bridgehead atoms. The Bertz CT molecular complexity index is 1220. The highest BCUT2D eigenvalue weighted by molar-refractivity contribution is 6.03. The Morgan fingerprint density at radius 3 is 2.62 bits per heavy atom. The number of rotatable bonds is 6. The van der Waals surface area contributed by atoms with Crippen molar-refractivity contribution in [2.75, 3.05) is 13.6 Å². The van der Waals surface area contributed by atoms with Gasteiger partial charge in [-0.15, -0.1) is 0 Å². The highest BCUT2D eigenvalue weighted by Gasteiger charge is 2.44. The predicted octanol–water partition coefficient (Wildman–Crippen LogP) is 4.87. The van der Waals surface area contributed by atoms with E-state index >= 15 is 0 Å². The fourth-order valence-electron chi connectivity index (χ4n) is 5.73. The lowest BCUT2D eigenvalue weighted by atomic mass is 9.75. The molecule has 2 aliphatic carbocycles. The molecule has 2 saturated carbocycles. The highest BCUT2D eigenvalue weighted by Crippen LogP contribution is 2.44. The summed E-state index contributed by atoms with van der Waals surface area (Å²) >= 11 is 0. The number of nitrogens with zero attached hydrogens (tertiary/aromatic N) is 4. The molecule has 178 valence electrons. The van der Waals surface area contributed by atoms with Gasteiger partial charge in [0, 0.05) is 49.5 Å². The second kappa shape index (κ2) is 8.85. The summed E-state index contributed by atoms with van der Waals surface area (Å²) in [4.78, 5) is 24.2. The second-order valence-electron chi connectivity index (χ2n) is 9.88. The summed E-state index contributed by atoms with van der Waals surface area (Å²) in [7, 11) is 3.98. The van der Waals surface area contributed by atoms with E-state index in [1.165, 1.54) is 36.6 Å². The normalized spacial score (nSPS) is 17.5. The van der Waals surface area contributed by atoms with E-state index in [-0.39, 0.29) is 5.91 Å². The molecule has 2 N–H and O–H groups in total. The number of aromatic nitrogens is 3. The number of hydrogen-bond donors (Lipinski definition) is 2. The number of aryl methyl sites for hydroxylation is 1. The van der Waals surface area contributed by atoms with Crippen molar-refractivity contribution in [3.8, 4) is 11.4 Å². The third-order valence-electron chi connectivity index (χ3n) is 7.94. The molecule has 0 saturated heterocycles. The maximum atomic E-state index is 13.4. The highest BCUT2D eigenvalue weighted by atomic mass is 16.1. The number of amidine groups is 1. The van der Waals surface area contributed by atoms with Crippen LogP contribution in [0.2, 0.25) is 0 Å². The number of likely N-dealkylation sites (N-methyl/N-ethyl adjacent to an activating group) is 1. The van der Waals surface area contributed by atoms with Crippen molar-refractivity contribution in [1.82, 2.24) is 24.8 Å². The van der Waals surface area contributed by atoms with Crippen molar-refractivity contribution in [2.45, 2.75) is 63.3 Å². The van der Waals surface area contributed by atoms with E-state index in [9.17, 15) is 4.79 Å². The second-order valence-corrected chi connectivity index (χ2v) is 9.88. The Morgan fingerprint density at radius 1 is 1.24 bits per heavy atom. The third kappa shape index (κ3) is 3.67. The summed E-state index contributed by atoms with van der Waals surface area (Å²) in [6.45, 7) is 2.78. The smallest absolute Gasteiger partial charge is 0.252 e. The molecular formula is C27H34N6O. The van der Waals surface area contributed by atoms with Gasteiger partial charge < -0.3 is 14.8 Å². The minimum atomic E-state index is -0.551. The van der Waals surface area contributed by atoms with Gasteiger partial charge in [0.1, 0.15) is 11.5 Å². The summed E-state index contributed by atoms with van der Waals surface area (Å²) < 4.78 is 2.18. The van der Waals surface area contributed by atoms with Crippen LogP contribution < -0.4 is 5.32 Å². The molecule has 5 rings (SSSR count). The van der Waals surface area contributed by atoms with Crippen LogP contribution in [0.25, 0.3) is 22.3 Å². The quantitative estimate of drug-likeness (QED) is 0.407. The van der Waals surface area contributed by atoms with Crippen LogP contribution in [0.1, 0.15) is 73.7 Å². The first-order valence-corrected chi connectivity index (χ1v) is 12.5. The summed E-state index contributed by atoms with van der Waals surface area (Å²) in [5.41, 5.74) is 4.44. The molecule has 1 aromatic carbocycles. The van der Waals surface area contributed by atoms with Crippen molar-refractivity contribution in [3.63, 3.8) is 0 Å². The average Bonchev–Trinajstić information content (AvgIpc) is 3.47. The number of amides is 1. The van der Waals surface area contributed by atoms with E-state index in [2.05, 4.69) is 33.0 Å². The van der Waals surface area contributed by atoms with E-state index in [4.69, 9.17) is 5.41 Å². The number of carbonyl (C=O) groups excluding carboxylic acids is 1. The van der Waals surface area contributed by atoms with E-state index in [0.29, 0.717) is 17.3 Å². The molecule has 7 nitrogen and oxygen atoms in total. The van der Waals surface area contributed by atoms with Gasteiger partial charge in [0.15, 0.2) is 0 Å². The van der Waals surface area contributed by atoms with Crippen molar-refractivity contribution in [3.05, 3.63) is 47.9 Å². The Balaban J connectivity index is 1.54. The van der Waals surface area contributed by atoms with Crippen LogP contribution in [0.15, 0.2) is 36.8 Å². The Labute approximate surface area is 201 Å². The Kier molecular flexibility index (Phi) is 5.88. The van der Waals surface area contributed by atoms with Gasteiger partial charge in [0.05, 0.1) is 17.4 Å². The minimum Gasteiger partial charge on any atom is -0.362 e. The van der Waals surface area contributed by atoms with E-state index in [1.807, 2.05) is 37.2 Å². The molecule has 2 aliphatic rings. The first-order chi connectivity index (χ1) is 16.4. The molecular weight excluding hydrogens is 424 g/mol. The largest absolute Gasteiger partial charge is 0.362 e.